The van der Waals surface area contributed by atoms with Crippen molar-refractivity contribution < 1.29 is 9.59 Å². The molecule has 0 atom stereocenters. The van der Waals surface area contributed by atoms with E-state index in [0.29, 0.717) is 30.8 Å². The van der Waals surface area contributed by atoms with Gasteiger partial charge in [-0.3, -0.25) is 9.59 Å². The fourth-order valence-corrected chi connectivity index (χ4v) is 3.16. The Hall–Kier alpha value is -2.18. The zero-order valence-corrected chi connectivity index (χ0v) is 15.1. The molecule has 0 saturated heterocycles. The van der Waals surface area contributed by atoms with Gasteiger partial charge in [-0.1, -0.05) is 12.1 Å². The largest absolute Gasteiger partial charge is 0.352 e. The molecule has 0 saturated carbocycles. The van der Waals surface area contributed by atoms with E-state index >= 15 is 0 Å². The monoisotopic (exact) mass is 359 g/mol. The molecule has 0 aliphatic rings. The number of anilines is 1. The number of thiophene rings is 1. The third-order valence-corrected chi connectivity index (χ3v) is 4.67. The lowest BCUT2D eigenvalue weighted by Crippen LogP contribution is -2.25. The Morgan fingerprint density at radius 1 is 1.08 bits per heavy atom. The maximum atomic E-state index is 12.1. The van der Waals surface area contributed by atoms with Gasteiger partial charge in [0.05, 0.1) is 0 Å². The van der Waals surface area contributed by atoms with Gasteiger partial charge in [-0.25, -0.2) is 0 Å². The van der Waals surface area contributed by atoms with E-state index in [9.17, 15) is 9.59 Å². The van der Waals surface area contributed by atoms with E-state index in [4.69, 9.17) is 5.73 Å². The highest BCUT2D eigenvalue weighted by molar-refractivity contribution is 7.09. The number of nitrogens with two attached hydrogens (primary N) is 1. The van der Waals surface area contributed by atoms with Crippen LogP contribution < -0.4 is 16.4 Å². The minimum Gasteiger partial charge on any atom is -0.352 e. The van der Waals surface area contributed by atoms with Crippen LogP contribution in [0.25, 0.3) is 0 Å². The van der Waals surface area contributed by atoms with Gasteiger partial charge in [-0.2, -0.15) is 0 Å². The first-order chi connectivity index (χ1) is 12.2. The van der Waals surface area contributed by atoms with Crippen molar-refractivity contribution >= 4 is 28.8 Å². The van der Waals surface area contributed by atoms with Crippen LogP contribution in [-0.4, -0.2) is 24.9 Å². The molecule has 4 N–H and O–H groups in total. The zero-order valence-electron chi connectivity index (χ0n) is 14.3. The normalized spacial score (nSPS) is 10.4. The van der Waals surface area contributed by atoms with Gasteiger partial charge in [0.1, 0.15) is 0 Å². The molecule has 2 rings (SSSR count). The zero-order chi connectivity index (χ0) is 17.9. The molecular weight excluding hydrogens is 334 g/mol. The van der Waals surface area contributed by atoms with Crippen molar-refractivity contribution in [1.82, 2.24) is 5.32 Å². The Morgan fingerprint density at radius 2 is 1.96 bits per heavy atom. The van der Waals surface area contributed by atoms with E-state index in [2.05, 4.69) is 16.7 Å². The Balaban J connectivity index is 1.77. The number of unbranched alkanes of at least 4 members (excludes halogenated alkanes) is 1. The maximum Gasteiger partial charge on any atom is 0.251 e. The molecule has 0 radical (unpaired) electrons. The molecule has 1 heterocycles. The summed E-state index contributed by atoms with van der Waals surface area (Å²) in [7, 11) is 0. The first-order valence-electron chi connectivity index (χ1n) is 8.59. The van der Waals surface area contributed by atoms with Gasteiger partial charge in [0, 0.05) is 29.1 Å². The van der Waals surface area contributed by atoms with E-state index in [0.717, 1.165) is 25.7 Å². The number of carbonyl (C=O) groups is 2. The number of hydrogen-bond acceptors (Lipinski definition) is 4. The number of benzene rings is 1. The fraction of sp³-hybridized carbons (Fsp3) is 0.368. The minimum absolute atomic E-state index is 0.0305. The molecule has 0 aliphatic carbocycles. The van der Waals surface area contributed by atoms with Crippen molar-refractivity contribution in [2.24, 2.45) is 5.73 Å². The van der Waals surface area contributed by atoms with E-state index < -0.39 is 0 Å². The van der Waals surface area contributed by atoms with E-state index in [1.54, 1.807) is 35.6 Å². The van der Waals surface area contributed by atoms with Gasteiger partial charge in [0.2, 0.25) is 5.91 Å². The number of nitrogens with one attached hydrogen (secondary N) is 2. The topological polar surface area (TPSA) is 84.2 Å². The minimum atomic E-state index is -0.134. The van der Waals surface area contributed by atoms with Crippen molar-refractivity contribution in [1.29, 1.82) is 0 Å². The van der Waals surface area contributed by atoms with Crippen LogP contribution in [0.1, 0.15) is 40.9 Å². The fourth-order valence-electron chi connectivity index (χ4n) is 2.41. The van der Waals surface area contributed by atoms with Crippen LogP contribution in [0.5, 0.6) is 0 Å². The van der Waals surface area contributed by atoms with Crippen molar-refractivity contribution in [2.45, 2.75) is 32.1 Å². The molecule has 5 nitrogen and oxygen atoms in total. The first kappa shape index (κ1) is 19.1. The van der Waals surface area contributed by atoms with Crippen LogP contribution in [0, 0.1) is 0 Å². The van der Waals surface area contributed by atoms with Gasteiger partial charge in [-0.15, -0.1) is 11.3 Å². The Labute approximate surface area is 152 Å². The first-order valence-corrected chi connectivity index (χ1v) is 9.47. The maximum absolute atomic E-state index is 12.1. The standard InChI is InChI=1S/C19H25N3O2S/c20-11-1-2-12-21-19(24)15-6-3-7-16(14-15)22-18(23)10-4-8-17-9-5-13-25-17/h3,5-7,9,13-14H,1-2,4,8,10-12,20H2,(H,21,24)(H,22,23). The molecule has 0 aliphatic heterocycles. The van der Waals surface area contributed by atoms with Crippen LogP contribution in [0.15, 0.2) is 41.8 Å². The van der Waals surface area contributed by atoms with E-state index in [1.165, 1.54) is 4.88 Å². The van der Waals surface area contributed by atoms with Crippen LogP contribution >= 0.6 is 11.3 Å². The van der Waals surface area contributed by atoms with Crippen LogP contribution in [0.3, 0.4) is 0 Å². The van der Waals surface area contributed by atoms with Crippen LogP contribution in [0.4, 0.5) is 5.69 Å². The SMILES string of the molecule is NCCCCNC(=O)c1cccc(NC(=O)CCCc2cccs2)c1. The number of rotatable bonds is 10. The van der Waals surface area contributed by atoms with Crippen molar-refractivity contribution in [3.63, 3.8) is 0 Å². The predicted molar refractivity (Wildman–Crippen MR) is 103 cm³/mol. The van der Waals surface area contributed by atoms with Gasteiger partial charge in [0.25, 0.3) is 5.91 Å². The third kappa shape index (κ3) is 7.07. The summed E-state index contributed by atoms with van der Waals surface area (Å²) in [6.45, 7) is 1.24. The molecule has 0 bridgehead atoms. The molecule has 0 fully saturated rings. The predicted octanol–water partition coefficient (Wildman–Crippen LogP) is 3.18. The molecule has 6 heteroatoms. The second-order valence-corrected chi connectivity index (χ2v) is 6.85. The summed E-state index contributed by atoms with van der Waals surface area (Å²) in [5.74, 6) is -0.164. The molecular formula is C19H25N3O2S. The average Bonchev–Trinajstić information content (AvgIpc) is 3.12. The highest BCUT2D eigenvalue weighted by Crippen LogP contribution is 2.14. The lowest BCUT2D eigenvalue weighted by molar-refractivity contribution is -0.116. The Bertz CT molecular complexity index is 671. The van der Waals surface area contributed by atoms with Crippen LogP contribution in [0.2, 0.25) is 0 Å². The summed E-state index contributed by atoms with van der Waals surface area (Å²) >= 11 is 1.71. The molecule has 2 amide bonds. The smallest absolute Gasteiger partial charge is 0.251 e. The number of amides is 2. The van der Waals surface area contributed by atoms with Crippen molar-refractivity contribution in [2.75, 3.05) is 18.4 Å². The molecule has 25 heavy (non-hydrogen) atoms. The van der Waals surface area contributed by atoms with Crippen LogP contribution in [-0.2, 0) is 11.2 Å². The molecule has 0 spiro atoms. The summed E-state index contributed by atoms with van der Waals surface area (Å²) in [5.41, 5.74) is 6.63. The summed E-state index contributed by atoms with van der Waals surface area (Å²) in [4.78, 5) is 25.4. The lowest BCUT2D eigenvalue weighted by Gasteiger charge is -2.08. The molecule has 134 valence electrons. The molecule has 1 aromatic heterocycles. The highest BCUT2D eigenvalue weighted by atomic mass is 32.1. The lowest BCUT2D eigenvalue weighted by atomic mass is 10.1. The summed E-state index contributed by atoms with van der Waals surface area (Å²) < 4.78 is 0. The number of carbonyl (C=O) groups excluding carboxylic acids is 2. The average molecular weight is 359 g/mol. The highest BCUT2D eigenvalue weighted by Gasteiger charge is 2.08. The van der Waals surface area contributed by atoms with Gasteiger partial charge in [-0.05, 0) is 61.9 Å². The summed E-state index contributed by atoms with van der Waals surface area (Å²) in [6, 6.07) is 11.1. The summed E-state index contributed by atoms with van der Waals surface area (Å²) in [5, 5.41) is 7.76. The molecule has 0 unspecified atom stereocenters. The number of hydrogen-bond donors (Lipinski definition) is 3. The van der Waals surface area contributed by atoms with E-state index in [-0.39, 0.29) is 11.8 Å². The summed E-state index contributed by atoms with van der Waals surface area (Å²) in [6.07, 6.45) is 3.95. The van der Waals surface area contributed by atoms with Crippen molar-refractivity contribution in [3.8, 4) is 0 Å². The Morgan fingerprint density at radius 3 is 2.72 bits per heavy atom. The second-order valence-electron chi connectivity index (χ2n) is 5.81. The molecule has 2 aromatic rings. The van der Waals surface area contributed by atoms with Gasteiger partial charge in [0.15, 0.2) is 0 Å². The quantitative estimate of drug-likeness (QED) is 0.570. The van der Waals surface area contributed by atoms with Gasteiger partial charge < -0.3 is 16.4 Å². The third-order valence-electron chi connectivity index (χ3n) is 3.73. The van der Waals surface area contributed by atoms with E-state index in [1.807, 2.05) is 11.4 Å². The van der Waals surface area contributed by atoms with Crippen molar-refractivity contribution in [3.05, 3.63) is 52.2 Å². The van der Waals surface area contributed by atoms with Gasteiger partial charge >= 0.3 is 0 Å². The molecule has 1 aromatic carbocycles. The Kier molecular flexibility index (Phi) is 8.15. The second kappa shape index (κ2) is 10.6. The number of aryl methyl sites for hydroxylation is 1.